The molecular weight excluding hydrogens is 412 g/mol. The fraction of sp³-hybridized carbons (Fsp3) is 0.375. The van der Waals surface area contributed by atoms with Gasteiger partial charge in [-0.15, -0.1) is 0 Å². The summed E-state index contributed by atoms with van der Waals surface area (Å²) >= 11 is 0. The van der Waals surface area contributed by atoms with Gasteiger partial charge in [-0.25, -0.2) is 4.79 Å². The van der Waals surface area contributed by atoms with E-state index in [-0.39, 0.29) is 6.61 Å². The molecule has 0 unspecified atom stereocenters. The van der Waals surface area contributed by atoms with Crippen LogP contribution in [0, 0.1) is 5.92 Å². The molecule has 0 saturated carbocycles. The van der Waals surface area contributed by atoms with Crippen LogP contribution in [-0.4, -0.2) is 37.6 Å². The van der Waals surface area contributed by atoms with Gasteiger partial charge < -0.3 is 14.2 Å². The van der Waals surface area contributed by atoms with Crippen LogP contribution in [-0.2, 0) is 9.53 Å². The standard InChI is InChI=1S/C24H30N2O6/c1-4-14-31-24(29)18-9-11-19(12-10-18)32-16-22(27)25-26-23(28)20-7-5-6-8-21(20)30-15-13-17(2)3/h5-12,17H,4,13-16H2,1-3H3,(H,25,27)(H,26,28). The molecule has 2 aromatic carbocycles. The van der Waals surface area contributed by atoms with Crippen LogP contribution >= 0.6 is 0 Å². The minimum absolute atomic E-state index is 0.313. The van der Waals surface area contributed by atoms with Gasteiger partial charge in [-0.2, -0.15) is 0 Å². The highest BCUT2D eigenvalue weighted by molar-refractivity contribution is 5.97. The zero-order valence-corrected chi connectivity index (χ0v) is 18.7. The maximum absolute atomic E-state index is 12.4. The van der Waals surface area contributed by atoms with Gasteiger partial charge in [0.05, 0.1) is 24.3 Å². The molecule has 2 aromatic rings. The average molecular weight is 443 g/mol. The first-order valence-corrected chi connectivity index (χ1v) is 10.6. The maximum Gasteiger partial charge on any atom is 0.338 e. The Balaban J connectivity index is 1.80. The van der Waals surface area contributed by atoms with Gasteiger partial charge in [0.25, 0.3) is 11.8 Å². The molecule has 0 radical (unpaired) electrons. The summed E-state index contributed by atoms with van der Waals surface area (Å²) in [6.07, 6.45) is 1.61. The molecule has 0 aliphatic rings. The number of rotatable bonds is 11. The van der Waals surface area contributed by atoms with Crippen LogP contribution in [0.15, 0.2) is 48.5 Å². The van der Waals surface area contributed by atoms with Gasteiger partial charge >= 0.3 is 5.97 Å². The summed E-state index contributed by atoms with van der Waals surface area (Å²) in [6.45, 7) is 6.64. The van der Waals surface area contributed by atoms with Crippen molar-refractivity contribution in [2.24, 2.45) is 5.92 Å². The van der Waals surface area contributed by atoms with E-state index in [0.717, 1.165) is 12.8 Å². The summed E-state index contributed by atoms with van der Waals surface area (Å²) in [4.78, 5) is 36.2. The minimum Gasteiger partial charge on any atom is -0.493 e. The lowest BCUT2D eigenvalue weighted by Crippen LogP contribution is -2.43. The molecule has 0 spiro atoms. The zero-order chi connectivity index (χ0) is 23.3. The molecule has 2 N–H and O–H groups in total. The van der Waals surface area contributed by atoms with Gasteiger partial charge in [-0.3, -0.25) is 20.4 Å². The van der Waals surface area contributed by atoms with Crippen LogP contribution in [0.4, 0.5) is 0 Å². The lowest BCUT2D eigenvalue weighted by molar-refractivity contribution is -0.123. The molecule has 32 heavy (non-hydrogen) atoms. The fourth-order valence-electron chi connectivity index (χ4n) is 2.53. The van der Waals surface area contributed by atoms with Crippen LogP contribution in [0.3, 0.4) is 0 Å². The molecule has 0 bridgehead atoms. The van der Waals surface area contributed by atoms with Crippen molar-refractivity contribution in [3.63, 3.8) is 0 Å². The van der Waals surface area contributed by atoms with Crippen molar-refractivity contribution in [1.29, 1.82) is 0 Å². The Labute approximate surface area is 188 Å². The van der Waals surface area contributed by atoms with E-state index in [4.69, 9.17) is 14.2 Å². The van der Waals surface area contributed by atoms with Crippen molar-refractivity contribution in [2.45, 2.75) is 33.6 Å². The molecule has 2 amide bonds. The molecule has 8 heteroatoms. The van der Waals surface area contributed by atoms with Crippen molar-refractivity contribution >= 4 is 17.8 Å². The number of para-hydroxylation sites is 1. The number of hydrogen-bond donors (Lipinski definition) is 2. The third kappa shape index (κ3) is 8.29. The Morgan fingerprint density at radius 2 is 1.62 bits per heavy atom. The van der Waals surface area contributed by atoms with Gasteiger partial charge in [-0.05, 0) is 55.2 Å². The number of hydrogen-bond acceptors (Lipinski definition) is 6. The molecule has 8 nitrogen and oxygen atoms in total. The highest BCUT2D eigenvalue weighted by atomic mass is 16.5. The van der Waals surface area contributed by atoms with E-state index in [1.54, 1.807) is 48.5 Å². The average Bonchev–Trinajstić information content (AvgIpc) is 2.80. The highest BCUT2D eigenvalue weighted by Crippen LogP contribution is 2.18. The molecule has 0 aliphatic heterocycles. The number of carbonyl (C=O) groups is 3. The predicted octanol–water partition coefficient (Wildman–Crippen LogP) is 3.52. The molecule has 0 saturated heterocycles. The number of carbonyl (C=O) groups excluding carboxylic acids is 3. The third-order valence-corrected chi connectivity index (χ3v) is 4.30. The summed E-state index contributed by atoms with van der Waals surface area (Å²) in [5, 5.41) is 0. The van der Waals surface area contributed by atoms with Gasteiger partial charge in [0.2, 0.25) is 0 Å². The summed E-state index contributed by atoms with van der Waals surface area (Å²) in [5.41, 5.74) is 5.39. The number of benzene rings is 2. The monoisotopic (exact) mass is 442 g/mol. The largest absolute Gasteiger partial charge is 0.493 e. The van der Waals surface area contributed by atoms with Gasteiger partial charge in [0.1, 0.15) is 11.5 Å². The molecule has 2 rings (SSSR count). The van der Waals surface area contributed by atoms with Crippen LogP contribution in [0.2, 0.25) is 0 Å². The SMILES string of the molecule is CCCOC(=O)c1ccc(OCC(=O)NNC(=O)c2ccccc2OCCC(C)C)cc1. The number of esters is 1. The van der Waals surface area contributed by atoms with Crippen molar-refractivity contribution in [3.8, 4) is 11.5 Å². The maximum atomic E-state index is 12.4. The van der Waals surface area contributed by atoms with Crippen LogP contribution < -0.4 is 20.3 Å². The van der Waals surface area contributed by atoms with Gasteiger partial charge in [0, 0.05) is 0 Å². The van der Waals surface area contributed by atoms with Crippen molar-refractivity contribution < 1.29 is 28.6 Å². The molecule has 0 aliphatic carbocycles. The zero-order valence-electron chi connectivity index (χ0n) is 18.7. The number of hydrazine groups is 1. The Hall–Kier alpha value is -3.55. The Bertz CT molecular complexity index is 896. The number of amides is 2. The topological polar surface area (TPSA) is 103 Å². The van der Waals surface area contributed by atoms with E-state index in [2.05, 4.69) is 24.7 Å². The quantitative estimate of drug-likeness (QED) is 0.408. The summed E-state index contributed by atoms with van der Waals surface area (Å²) in [7, 11) is 0. The van der Waals surface area contributed by atoms with Gasteiger partial charge in [-0.1, -0.05) is 32.9 Å². The summed E-state index contributed by atoms with van der Waals surface area (Å²) < 4.78 is 16.1. The minimum atomic E-state index is -0.539. The number of ether oxygens (including phenoxy) is 3. The molecule has 0 fully saturated rings. The fourth-order valence-corrected chi connectivity index (χ4v) is 2.53. The van der Waals surface area contributed by atoms with Crippen molar-refractivity contribution in [1.82, 2.24) is 10.9 Å². The van der Waals surface area contributed by atoms with Gasteiger partial charge in [0.15, 0.2) is 6.61 Å². The van der Waals surface area contributed by atoms with E-state index in [1.165, 1.54) is 0 Å². The van der Waals surface area contributed by atoms with Crippen molar-refractivity contribution in [3.05, 3.63) is 59.7 Å². The summed E-state index contributed by atoms with van der Waals surface area (Å²) in [6, 6.07) is 13.1. The van der Waals surface area contributed by atoms with Crippen LogP contribution in [0.1, 0.15) is 54.3 Å². The lowest BCUT2D eigenvalue weighted by Gasteiger charge is -2.13. The molecule has 0 atom stereocenters. The second-order valence-corrected chi connectivity index (χ2v) is 7.48. The molecule has 0 heterocycles. The second-order valence-electron chi connectivity index (χ2n) is 7.48. The third-order valence-electron chi connectivity index (χ3n) is 4.30. The van der Waals surface area contributed by atoms with E-state index in [9.17, 15) is 14.4 Å². The molecule has 172 valence electrons. The van der Waals surface area contributed by atoms with E-state index in [1.807, 2.05) is 6.92 Å². The van der Waals surface area contributed by atoms with Crippen molar-refractivity contribution in [2.75, 3.05) is 19.8 Å². The second kappa shape index (κ2) is 13.0. The normalized spacial score (nSPS) is 10.4. The molecular formula is C24H30N2O6. The first-order valence-electron chi connectivity index (χ1n) is 10.6. The van der Waals surface area contributed by atoms with E-state index >= 15 is 0 Å². The Morgan fingerprint density at radius 1 is 0.906 bits per heavy atom. The smallest absolute Gasteiger partial charge is 0.338 e. The Kier molecular flexibility index (Phi) is 10.0. The van der Waals surface area contributed by atoms with Crippen LogP contribution in [0.5, 0.6) is 11.5 Å². The van der Waals surface area contributed by atoms with E-state index < -0.39 is 17.8 Å². The number of nitrogens with one attached hydrogen (secondary N) is 2. The lowest BCUT2D eigenvalue weighted by atomic mass is 10.1. The van der Waals surface area contributed by atoms with E-state index in [0.29, 0.717) is 41.8 Å². The highest BCUT2D eigenvalue weighted by Gasteiger charge is 2.14. The summed E-state index contributed by atoms with van der Waals surface area (Å²) in [5.74, 6) is -0.0961. The van der Waals surface area contributed by atoms with Crippen LogP contribution in [0.25, 0.3) is 0 Å². The first-order chi connectivity index (χ1) is 15.4. The Morgan fingerprint density at radius 3 is 2.31 bits per heavy atom. The predicted molar refractivity (Wildman–Crippen MR) is 120 cm³/mol. The first kappa shape index (κ1) is 24.7. The molecule has 0 aromatic heterocycles.